The minimum absolute atomic E-state index is 0.0353. The second-order valence-corrected chi connectivity index (χ2v) is 6.21. The lowest BCUT2D eigenvalue weighted by molar-refractivity contribution is 0.131. The first-order valence-corrected chi connectivity index (χ1v) is 7.25. The number of hydrogen-bond donors (Lipinski definition) is 0. The van der Waals surface area contributed by atoms with Gasteiger partial charge in [-0.05, 0) is 57.2 Å². The summed E-state index contributed by atoms with van der Waals surface area (Å²) in [6.45, 7) is 6.01. The van der Waals surface area contributed by atoms with Crippen molar-refractivity contribution in [2.75, 3.05) is 0 Å². The number of hydrogen-bond acceptors (Lipinski definition) is 3. The molecule has 0 radical (unpaired) electrons. The summed E-state index contributed by atoms with van der Waals surface area (Å²) in [6, 6.07) is 16.4. The van der Waals surface area contributed by atoms with E-state index in [-0.39, 0.29) is 11.0 Å². The van der Waals surface area contributed by atoms with Crippen molar-refractivity contribution in [3.05, 3.63) is 64.8 Å². The molecule has 2 aromatic carbocycles. The quantitative estimate of drug-likeness (QED) is 0.691. The monoisotopic (exact) mass is 294 g/mol. The smallest absolute Gasteiger partial charge is 0.193 e. The molecule has 0 aliphatic heterocycles. The molecule has 0 spiro atoms. The van der Waals surface area contributed by atoms with E-state index in [2.05, 4.69) is 0 Å². The van der Waals surface area contributed by atoms with Gasteiger partial charge in [-0.3, -0.25) is 4.79 Å². The van der Waals surface area contributed by atoms with Crippen molar-refractivity contribution in [2.45, 2.75) is 26.4 Å². The molecular weight excluding hydrogens is 276 g/mol. The van der Waals surface area contributed by atoms with Crippen molar-refractivity contribution in [3.63, 3.8) is 0 Å². The molecule has 0 saturated carbocycles. The molecule has 0 amide bonds. The van der Waals surface area contributed by atoms with Gasteiger partial charge in [0.05, 0.1) is 5.39 Å². The van der Waals surface area contributed by atoms with E-state index >= 15 is 0 Å². The minimum atomic E-state index is -0.239. The highest BCUT2D eigenvalue weighted by Crippen LogP contribution is 2.25. The lowest BCUT2D eigenvalue weighted by atomic mass is 10.1. The largest absolute Gasteiger partial charge is 0.488 e. The molecular formula is C19H18O3. The van der Waals surface area contributed by atoms with Gasteiger partial charge in [0.1, 0.15) is 22.7 Å². The first-order chi connectivity index (χ1) is 10.4. The van der Waals surface area contributed by atoms with Crippen LogP contribution in [0.25, 0.3) is 22.3 Å². The molecule has 22 heavy (non-hydrogen) atoms. The van der Waals surface area contributed by atoms with Gasteiger partial charge in [-0.15, -0.1) is 0 Å². The van der Waals surface area contributed by atoms with Gasteiger partial charge >= 0.3 is 0 Å². The Morgan fingerprint density at radius 2 is 1.64 bits per heavy atom. The Bertz CT molecular complexity index is 852. The summed E-state index contributed by atoms with van der Waals surface area (Å²) in [7, 11) is 0. The van der Waals surface area contributed by atoms with E-state index < -0.39 is 0 Å². The maximum Gasteiger partial charge on any atom is 0.193 e. The van der Waals surface area contributed by atoms with Crippen LogP contribution in [0.5, 0.6) is 5.75 Å². The van der Waals surface area contributed by atoms with E-state index in [0.717, 1.165) is 11.3 Å². The maximum atomic E-state index is 12.1. The summed E-state index contributed by atoms with van der Waals surface area (Å²) in [4.78, 5) is 12.1. The standard InChI is InChI=1S/C19H18O3/c1-19(2,3)22-14-10-8-13(9-11-14)18-12-16(20)15-6-4-5-7-17(15)21-18/h4-12H,1-3H3. The van der Waals surface area contributed by atoms with Gasteiger partial charge in [-0.1, -0.05) is 12.1 Å². The van der Waals surface area contributed by atoms with Crippen LogP contribution in [0.2, 0.25) is 0 Å². The first-order valence-electron chi connectivity index (χ1n) is 7.25. The van der Waals surface area contributed by atoms with E-state index in [1.807, 2.05) is 57.2 Å². The van der Waals surface area contributed by atoms with E-state index in [1.165, 1.54) is 6.07 Å². The fourth-order valence-electron chi connectivity index (χ4n) is 2.29. The second-order valence-electron chi connectivity index (χ2n) is 6.21. The molecule has 3 aromatic rings. The Kier molecular flexibility index (Phi) is 3.49. The van der Waals surface area contributed by atoms with Crippen LogP contribution in [-0.2, 0) is 0 Å². The molecule has 0 aliphatic rings. The highest BCUT2D eigenvalue weighted by molar-refractivity contribution is 5.78. The zero-order valence-corrected chi connectivity index (χ0v) is 12.9. The number of ether oxygens (including phenoxy) is 1. The molecule has 0 unspecified atom stereocenters. The minimum Gasteiger partial charge on any atom is -0.488 e. The summed E-state index contributed by atoms with van der Waals surface area (Å²) in [6.07, 6.45) is 0. The number of rotatable bonds is 2. The van der Waals surface area contributed by atoms with Crippen molar-refractivity contribution < 1.29 is 9.15 Å². The summed E-state index contributed by atoms with van der Waals surface area (Å²) in [5.41, 5.74) is 1.17. The molecule has 0 saturated heterocycles. The van der Waals surface area contributed by atoms with Crippen LogP contribution in [0.1, 0.15) is 20.8 Å². The van der Waals surface area contributed by atoms with Crippen LogP contribution in [0.4, 0.5) is 0 Å². The first kappa shape index (κ1) is 14.4. The van der Waals surface area contributed by atoms with E-state index in [1.54, 1.807) is 12.1 Å². The van der Waals surface area contributed by atoms with Gasteiger partial charge in [-0.25, -0.2) is 0 Å². The van der Waals surface area contributed by atoms with Gasteiger partial charge in [0.25, 0.3) is 0 Å². The molecule has 112 valence electrons. The third-order valence-corrected chi connectivity index (χ3v) is 3.20. The van der Waals surface area contributed by atoms with Crippen molar-refractivity contribution in [1.82, 2.24) is 0 Å². The van der Waals surface area contributed by atoms with E-state index in [9.17, 15) is 4.79 Å². The van der Waals surface area contributed by atoms with Crippen LogP contribution in [0, 0.1) is 0 Å². The third-order valence-electron chi connectivity index (χ3n) is 3.20. The molecule has 3 rings (SSSR count). The highest BCUT2D eigenvalue weighted by atomic mass is 16.5. The van der Waals surface area contributed by atoms with Gasteiger partial charge < -0.3 is 9.15 Å². The van der Waals surface area contributed by atoms with Gasteiger partial charge in [0.15, 0.2) is 5.43 Å². The van der Waals surface area contributed by atoms with Crippen LogP contribution < -0.4 is 10.2 Å². The summed E-state index contributed by atoms with van der Waals surface area (Å²) < 4.78 is 11.6. The maximum absolute atomic E-state index is 12.1. The Morgan fingerprint density at radius 3 is 2.32 bits per heavy atom. The number of fused-ring (bicyclic) bond motifs is 1. The van der Waals surface area contributed by atoms with Crippen molar-refractivity contribution >= 4 is 11.0 Å². The predicted octanol–water partition coefficient (Wildman–Crippen LogP) is 4.64. The van der Waals surface area contributed by atoms with Crippen molar-refractivity contribution in [2.24, 2.45) is 0 Å². The third kappa shape index (κ3) is 3.03. The van der Waals surface area contributed by atoms with E-state index in [0.29, 0.717) is 16.7 Å². The molecule has 3 nitrogen and oxygen atoms in total. The fourth-order valence-corrected chi connectivity index (χ4v) is 2.29. The Labute approximate surface area is 129 Å². The number of para-hydroxylation sites is 1. The molecule has 1 aromatic heterocycles. The van der Waals surface area contributed by atoms with Crippen LogP contribution in [0.15, 0.2) is 63.8 Å². The average Bonchev–Trinajstić information content (AvgIpc) is 2.46. The lowest BCUT2D eigenvalue weighted by Gasteiger charge is -2.21. The molecule has 0 N–H and O–H groups in total. The van der Waals surface area contributed by atoms with Crippen LogP contribution in [0.3, 0.4) is 0 Å². The average molecular weight is 294 g/mol. The second kappa shape index (κ2) is 5.34. The Balaban J connectivity index is 1.99. The summed E-state index contributed by atoms with van der Waals surface area (Å²) in [5, 5.41) is 0.596. The normalized spacial score (nSPS) is 11.6. The Morgan fingerprint density at radius 1 is 0.955 bits per heavy atom. The zero-order chi connectivity index (χ0) is 15.7. The van der Waals surface area contributed by atoms with Gasteiger partial charge in [0.2, 0.25) is 0 Å². The summed E-state index contributed by atoms with van der Waals surface area (Å²) in [5.74, 6) is 1.35. The lowest BCUT2D eigenvalue weighted by Crippen LogP contribution is -2.22. The molecule has 0 aliphatic carbocycles. The molecule has 0 fully saturated rings. The van der Waals surface area contributed by atoms with E-state index in [4.69, 9.17) is 9.15 Å². The van der Waals surface area contributed by atoms with Crippen molar-refractivity contribution in [3.8, 4) is 17.1 Å². The SMILES string of the molecule is CC(C)(C)Oc1ccc(-c2cc(=O)c3ccccc3o2)cc1. The van der Waals surface area contributed by atoms with Crippen molar-refractivity contribution in [1.29, 1.82) is 0 Å². The molecule has 1 heterocycles. The molecule has 0 bridgehead atoms. The zero-order valence-electron chi connectivity index (χ0n) is 12.9. The fraction of sp³-hybridized carbons (Fsp3) is 0.211. The molecule has 0 atom stereocenters. The highest BCUT2D eigenvalue weighted by Gasteiger charge is 2.12. The van der Waals surface area contributed by atoms with Crippen LogP contribution in [-0.4, -0.2) is 5.60 Å². The summed E-state index contributed by atoms with van der Waals surface area (Å²) >= 11 is 0. The Hall–Kier alpha value is -2.55. The predicted molar refractivity (Wildman–Crippen MR) is 88.3 cm³/mol. The van der Waals surface area contributed by atoms with Crippen LogP contribution >= 0.6 is 0 Å². The van der Waals surface area contributed by atoms with Gasteiger partial charge in [0, 0.05) is 11.6 Å². The van der Waals surface area contributed by atoms with Gasteiger partial charge in [-0.2, -0.15) is 0 Å². The molecule has 3 heteroatoms. The topological polar surface area (TPSA) is 39.4 Å². The number of benzene rings is 2.